The number of nitrogens with one attached hydrogen (secondary N) is 2. The predicted molar refractivity (Wildman–Crippen MR) is 146 cm³/mol. The zero-order valence-corrected chi connectivity index (χ0v) is 23.2. The molecular weight excluding hydrogens is 569 g/mol. The molecule has 1 aromatic carbocycles. The first-order valence-electron chi connectivity index (χ1n) is 13.3. The number of carbonyl (C=O) groups is 3. The molecule has 1 atom stereocenters. The minimum Gasteiger partial charge on any atom is -0.370 e. The third-order valence-electron chi connectivity index (χ3n) is 7.53. The molecule has 3 amide bonds. The molecule has 3 fully saturated rings. The van der Waals surface area contributed by atoms with E-state index in [-0.39, 0.29) is 38.0 Å². The maximum absolute atomic E-state index is 14.2. The fraction of sp³-hybridized carbons (Fsp3) is 0.519. The lowest BCUT2D eigenvalue weighted by atomic mass is 9.84. The Hall–Kier alpha value is -2.67. The van der Waals surface area contributed by atoms with Gasteiger partial charge in [-0.2, -0.15) is 13.2 Å². The first kappa shape index (κ1) is 28.8. The van der Waals surface area contributed by atoms with E-state index < -0.39 is 41.2 Å². The molecule has 2 aromatic rings. The van der Waals surface area contributed by atoms with Crippen molar-refractivity contribution < 1.29 is 32.3 Å². The highest BCUT2D eigenvalue weighted by atomic mass is 35.5. The summed E-state index contributed by atoms with van der Waals surface area (Å²) in [6.07, 6.45) is 0.193. The van der Waals surface area contributed by atoms with Crippen LogP contribution < -0.4 is 15.5 Å². The van der Waals surface area contributed by atoms with Crippen molar-refractivity contribution in [3.8, 4) is 0 Å². The van der Waals surface area contributed by atoms with Gasteiger partial charge in [0.25, 0.3) is 11.8 Å². The minimum absolute atomic E-state index is 0.0644. The van der Waals surface area contributed by atoms with E-state index in [4.69, 9.17) is 16.3 Å². The van der Waals surface area contributed by atoms with Crippen LogP contribution in [0, 0.1) is 5.92 Å². The Balaban J connectivity index is 1.38. The normalized spacial score (nSPS) is 18.9. The predicted octanol–water partition coefficient (Wildman–Crippen LogP) is 4.79. The fourth-order valence-electron chi connectivity index (χ4n) is 5.03. The summed E-state index contributed by atoms with van der Waals surface area (Å²) >= 11 is 7.06. The molecule has 2 heterocycles. The van der Waals surface area contributed by atoms with E-state index in [1.165, 1.54) is 17.0 Å². The van der Waals surface area contributed by atoms with Gasteiger partial charge in [-0.05, 0) is 61.9 Å². The second kappa shape index (κ2) is 12.1. The maximum atomic E-state index is 14.2. The van der Waals surface area contributed by atoms with Crippen molar-refractivity contribution in [2.75, 3.05) is 43.1 Å². The molecule has 0 spiro atoms. The number of anilines is 2. The number of thiophene rings is 1. The van der Waals surface area contributed by atoms with E-state index in [0.717, 1.165) is 49.5 Å². The van der Waals surface area contributed by atoms with E-state index in [1.54, 1.807) is 12.1 Å². The van der Waals surface area contributed by atoms with Crippen LogP contribution >= 0.6 is 22.9 Å². The van der Waals surface area contributed by atoms with Crippen LogP contribution in [0.25, 0.3) is 0 Å². The van der Waals surface area contributed by atoms with Gasteiger partial charge in [-0.15, -0.1) is 11.3 Å². The molecule has 1 saturated heterocycles. The monoisotopic (exact) mass is 598 g/mol. The van der Waals surface area contributed by atoms with Crippen molar-refractivity contribution in [1.82, 2.24) is 10.2 Å². The highest BCUT2D eigenvalue weighted by molar-refractivity contribution is 7.18. The lowest BCUT2D eigenvalue weighted by molar-refractivity contribution is -0.137. The standard InChI is InChI=1S/C27H30ClF3N4O4S/c28-23-9-8-22(40-23)26(38)32-13-21(35(17-4-5-17)14-16-2-1-3-16)25(37)33-20-7-6-18(12-19(20)27(29,30)31)34-10-11-39-15-24(34)36/h6-9,12,16-17,21H,1-5,10-11,13-15H2,(H,32,38)(H,33,37)/t21-/m1/s1. The average molecular weight is 599 g/mol. The molecule has 0 radical (unpaired) electrons. The topological polar surface area (TPSA) is 91.0 Å². The summed E-state index contributed by atoms with van der Waals surface area (Å²) in [7, 11) is 0. The average Bonchev–Trinajstić information content (AvgIpc) is 3.63. The Morgan fingerprint density at radius 3 is 2.55 bits per heavy atom. The van der Waals surface area contributed by atoms with Crippen LogP contribution in [-0.2, 0) is 20.5 Å². The van der Waals surface area contributed by atoms with E-state index in [2.05, 4.69) is 10.6 Å². The van der Waals surface area contributed by atoms with Gasteiger partial charge < -0.3 is 20.3 Å². The number of ether oxygens (including phenoxy) is 1. The van der Waals surface area contributed by atoms with E-state index >= 15 is 0 Å². The van der Waals surface area contributed by atoms with Crippen molar-refractivity contribution in [2.45, 2.75) is 50.4 Å². The van der Waals surface area contributed by atoms with Gasteiger partial charge >= 0.3 is 6.18 Å². The molecule has 216 valence electrons. The van der Waals surface area contributed by atoms with Gasteiger partial charge in [0, 0.05) is 31.4 Å². The number of halogens is 4. The molecule has 13 heteroatoms. The van der Waals surface area contributed by atoms with Gasteiger partial charge in [-0.25, -0.2) is 0 Å². The smallest absolute Gasteiger partial charge is 0.370 e. The van der Waals surface area contributed by atoms with Gasteiger partial charge in [0.05, 0.1) is 27.1 Å². The minimum atomic E-state index is -4.78. The van der Waals surface area contributed by atoms with E-state index in [9.17, 15) is 27.6 Å². The molecule has 8 nitrogen and oxygen atoms in total. The molecular formula is C27H30ClF3N4O4S. The van der Waals surface area contributed by atoms with Crippen LogP contribution in [0.2, 0.25) is 4.34 Å². The maximum Gasteiger partial charge on any atom is 0.418 e. The van der Waals surface area contributed by atoms with E-state index in [1.807, 2.05) is 4.90 Å². The van der Waals surface area contributed by atoms with Gasteiger partial charge in [-0.1, -0.05) is 18.0 Å². The van der Waals surface area contributed by atoms with Gasteiger partial charge in [0.2, 0.25) is 5.91 Å². The first-order chi connectivity index (χ1) is 19.1. The number of hydrogen-bond acceptors (Lipinski definition) is 6. The molecule has 0 bridgehead atoms. The number of carbonyl (C=O) groups excluding carboxylic acids is 3. The SMILES string of the molecule is O=C(NC[C@H](C(=O)Nc1ccc(N2CCOCC2=O)cc1C(F)(F)F)N(CC1CCC1)C1CC1)c1ccc(Cl)s1. The summed E-state index contributed by atoms with van der Waals surface area (Å²) in [6, 6.07) is 5.90. The van der Waals surface area contributed by atoms with Crippen molar-refractivity contribution in [2.24, 2.45) is 5.92 Å². The zero-order valence-electron chi connectivity index (χ0n) is 21.6. The van der Waals surface area contributed by atoms with Crippen LogP contribution in [0.4, 0.5) is 24.5 Å². The van der Waals surface area contributed by atoms with E-state index in [0.29, 0.717) is 21.7 Å². The largest absolute Gasteiger partial charge is 0.418 e. The van der Waals surface area contributed by atoms with Crippen LogP contribution in [0.3, 0.4) is 0 Å². The second-order valence-corrected chi connectivity index (χ2v) is 12.1. The summed E-state index contributed by atoms with van der Waals surface area (Å²) in [5.41, 5.74) is -1.37. The van der Waals surface area contributed by atoms with Crippen molar-refractivity contribution in [3.05, 3.63) is 45.1 Å². The van der Waals surface area contributed by atoms with Crippen LogP contribution in [0.5, 0.6) is 0 Å². The van der Waals surface area contributed by atoms with Crippen LogP contribution in [-0.4, -0.2) is 67.6 Å². The number of rotatable bonds is 10. The molecule has 40 heavy (non-hydrogen) atoms. The number of alkyl halides is 3. The number of amides is 3. The number of hydrogen-bond donors (Lipinski definition) is 2. The van der Waals surface area contributed by atoms with Crippen LogP contribution in [0.1, 0.15) is 47.3 Å². The molecule has 3 aliphatic rings. The third kappa shape index (κ3) is 6.79. The highest BCUT2D eigenvalue weighted by Crippen LogP contribution is 2.39. The summed E-state index contributed by atoms with van der Waals surface area (Å²) in [6.45, 7) is 0.729. The molecule has 2 N–H and O–H groups in total. The van der Waals surface area contributed by atoms with Crippen molar-refractivity contribution in [1.29, 1.82) is 0 Å². The molecule has 2 saturated carbocycles. The summed E-state index contributed by atoms with van der Waals surface area (Å²) in [4.78, 5) is 42.3. The van der Waals surface area contributed by atoms with Gasteiger partial charge in [0.1, 0.15) is 12.6 Å². The summed E-state index contributed by atoms with van der Waals surface area (Å²) in [5, 5.41) is 5.29. The lowest BCUT2D eigenvalue weighted by Crippen LogP contribution is -2.53. The van der Waals surface area contributed by atoms with Gasteiger partial charge in [0.15, 0.2) is 0 Å². The Labute approximate surface area is 238 Å². The molecule has 0 unspecified atom stereocenters. The second-order valence-electron chi connectivity index (χ2n) is 10.4. The van der Waals surface area contributed by atoms with Crippen molar-refractivity contribution >= 4 is 52.0 Å². The van der Waals surface area contributed by atoms with Gasteiger partial charge in [-0.3, -0.25) is 19.3 Å². The molecule has 5 rings (SSSR count). The Morgan fingerprint density at radius 1 is 1.18 bits per heavy atom. The Bertz CT molecular complexity index is 1260. The summed E-state index contributed by atoms with van der Waals surface area (Å²) in [5.74, 6) is -1.05. The zero-order chi connectivity index (χ0) is 28.4. The first-order valence-corrected chi connectivity index (χ1v) is 14.5. The van der Waals surface area contributed by atoms with Crippen molar-refractivity contribution in [3.63, 3.8) is 0 Å². The quantitative estimate of drug-likeness (QED) is 0.411. The molecule has 1 aromatic heterocycles. The Kier molecular flexibility index (Phi) is 8.69. The number of nitrogens with zero attached hydrogens (tertiary/aromatic N) is 2. The fourth-order valence-corrected chi connectivity index (χ4v) is 5.99. The molecule has 1 aliphatic heterocycles. The number of morpholine rings is 1. The highest BCUT2D eigenvalue weighted by Gasteiger charge is 2.41. The lowest BCUT2D eigenvalue weighted by Gasteiger charge is -2.37. The molecule has 2 aliphatic carbocycles. The summed E-state index contributed by atoms with van der Waals surface area (Å²) < 4.78 is 48.0. The van der Waals surface area contributed by atoms with Crippen LogP contribution in [0.15, 0.2) is 30.3 Å². The third-order valence-corrected chi connectivity index (χ3v) is 8.76. The Morgan fingerprint density at radius 2 is 1.95 bits per heavy atom. The number of benzene rings is 1.